The number of amides is 1. The molecule has 2 atom stereocenters. The Morgan fingerprint density at radius 2 is 2.18 bits per heavy atom. The third kappa shape index (κ3) is 7.35. The molecule has 158 valence electrons. The lowest BCUT2D eigenvalue weighted by Gasteiger charge is -2.25. The van der Waals surface area contributed by atoms with E-state index >= 15 is 0 Å². The number of hydrogen-bond donors (Lipinski definition) is 2. The fourth-order valence-electron chi connectivity index (χ4n) is 2.79. The Labute approximate surface area is 186 Å². The van der Waals surface area contributed by atoms with Gasteiger partial charge in [0.1, 0.15) is 25.0 Å². The molecule has 7 nitrogen and oxygen atoms in total. The lowest BCUT2D eigenvalue weighted by Crippen LogP contribution is -2.38. The summed E-state index contributed by atoms with van der Waals surface area (Å²) in [5.74, 6) is -0.688. The molecule has 12 heteroatoms. The molecule has 0 unspecified atom stereocenters. The number of benzene rings is 1. The largest absolute Gasteiger partial charge is 0.372 e. The number of halogens is 5. The van der Waals surface area contributed by atoms with Crippen LogP contribution in [0.3, 0.4) is 0 Å². The van der Waals surface area contributed by atoms with Gasteiger partial charge in [0.2, 0.25) is 5.91 Å². The molecule has 0 bridgehead atoms. The molecule has 1 aliphatic rings. The molecule has 1 amide bonds. The molecular formula is C16H22Cl4FN5O2. The van der Waals surface area contributed by atoms with Crippen molar-refractivity contribution in [3.63, 3.8) is 0 Å². The van der Waals surface area contributed by atoms with Crippen molar-refractivity contribution in [3.05, 3.63) is 47.3 Å². The number of carbonyl (C=O) groups excluding carboxylic acids is 1. The molecule has 0 radical (unpaired) electrons. The van der Waals surface area contributed by atoms with Crippen LogP contribution >= 0.6 is 48.8 Å². The second-order valence-electron chi connectivity index (χ2n) is 5.83. The van der Waals surface area contributed by atoms with E-state index in [-0.39, 0.29) is 66.7 Å². The zero-order valence-corrected chi connectivity index (χ0v) is 17.9. The van der Waals surface area contributed by atoms with Gasteiger partial charge in [-0.1, -0.05) is 17.7 Å². The summed E-state index contributed by atoms with van der Waals surface area (Å²) < 4.78 is 21.1. The predicted octanol–water partition coefficient (Wildman–Crippen LogP) is 2.43. The van der Waals surface area contributed by atoms with Gasteiger partial charge in [-0.2, -0.15) is 5.10 Å². The second-order valence-corrected chi connectivity index (χ2v) is 6.23. The number of rotatable bonds is 5. The Bertz CT molecular complexity index is 723. The minimum Gasteiger partial charge on any atom is -0.372 e. The number of carbonyl (C=O) groups is 1. The molecule has 1 aliphatic heterocycles. The summed E-state index contributed by atoms with van der Waals surface area (Å²) in [4.78, 5) is 15.8. The van der Waals surface area contributed by atoms with Crippen molar-refractivity contribution in [3.8, 4) is 0 Å². The van der Waals surface area contributed by atoms with E-state index in [0.29, 0.717) is 31.8 Å². The van der Waals surface area contributed by atoms with Crippen molar-refractivity contribution in [1.29, 1.82) is 0 Å². The Morgan fingerprint density at radius 1 is 1.39 bits per heavy atom. The summed E-state index contributed by atoms with van der Waals surface area (Å²) >= 11 is 5.76. The van der Waals surface area contributed by atoms with Gasteiger partial charge in [-0.15, -0.1) is 37.2 Å². The second kappa shape index (κ2) is 13.1. The van der Waals surface area contributed by atoms with Crippen molar-refractivity contribution in [2.75, 3.05) is 26.2 Å². The van der Waals surface area contributed by atoms with Gasteiger partial charge in [-0.25, -0.2) is 14.1 Å². The summed E-state index contributed by atoms with van der Waals surface area (Å²) in [6, 6.07) is 4.67. The van der Waals surface area contributed by atoms with Crippen LogP contribution in [-0.4, -0.2) is 46.9 Å². The van der Waals surface area contributed by atoms with E-state index in [0.717, 1.165) is 0 Å². The van der Waals surface area contributed by atoms with Crippen LogP contribution in [-0.2, 0) is 16.1 Å². The average Bonchev–Trinajstić information content (AvgIpc) is 2.98. The van der Waals surface area contributed by atoms with Gasteiger partial charge < -0.3 is 15.4 Å². The van der Waals surface area contributed by atoms with Crippen molar-refractivity contribution in [1.82, 2.24) is 25.4 Å². The summed E-state index contributed by atoms with van der Waals surface area (Å²) in [5, 5.41) is 10.1. The van der Waals surface area contributed by atoms with Crippen LogP contribution in [0.1, 0.15) is 11.7 Å². The molecule has 0 saturated carbocycles. The number of nitrogens with zero attached hydrogens (tertiary/aromatic N) is 3. The number of nitrogens with one attached hydrogen (secondary N) is 2. The van der Waals surface area contributed by atoms with Gasteiger partial charge in [0.15, 0.2) is 0 Å². The van der Waals surface area contributed by atoms with Crippen LogP contribution in [0.25, 0.3) is 0 Å². The predicted molar refractivity (Wildman–Crippen MR) is 111 cm³/mol. The summed E-state index contributed by atoms with van der Waals surface area (Å²) in [6.45, 7) is 2.36. The van der Waals surface area contributed by atoms with E-state index in [1.54, 1.807) is 6.07 Å². The molecule has 1 fully saturated rings. The molecule has 0 spiro atoms. The van der Waals surface area contributed by atoms with E-state index < -0.39 is 5.82 Å². The van der Waals surface area contributed by atoms with Crippen molar-refractivity contribution in [2.24, 2.45) is 5.92 Å². The molecule has 1 saturated heterocycles. The topological polar surface area (TPSA) is 81.1 Å². The first-order valence-corrected chi connectivity index (χ1v) is 8.37. The van der Waals surface area contributed by atoms with Crippen molar-refractivity contribution in [2.45, 2.75) is 12.6 Å². The lowest BCUT2D eigenvalue weighted by molar-refractivity contribution is -0.122. The number of ether oxygens (including phenoxy) is 1. The van der Waals surface area contributed by atoms with E-state index in [4.69, 9.17) is 16.3 Å². The highest BCUT2D eigenvalue weighted by Crippen LogP contribution is 2.29. The molecular weight excluding hydrogens is 455 g/mol. The Hall–Kier alpha value is -1.16. The molecule has 2 heterocycles. The van der Waals surface area contributed by atoms with Crippen LogP contribution in [0.15, 0.2) is 30.9 Å². The van der Waals surface area contributed by atoms with Crippen LogP contribution in [0.5, 0.6) is 0 Å². The minimum atomic E-state index is -0.478. The van der Waals surface area contributed by atoms with E-state index in [9.17, 15) is 9.18 Å². The van der Waals surface area contributed by atoms with E-state index in [1.165, 1.54) is 29.5 Å². The molecule has 1 aromatic heterocycles. The molecule has 2 aromatic rings. The Morgan fingerprint density at radius 3 is 2.86 bits per heavy atom. The average molecular weight is 477 g/mol. The first-order valence-electron chi connectivity index (χ1n) is 8.00. The maximum Gasteiger partial charge on any atom is 0.241 e. The van der Waals surface area contributed by atoms with Crippen LogP contribution in [0.4, 0.5) is 4.39 Å². The van der Waals surface area contributed by atoms with Crippen LogP contribution < -0.4 is 10.6 Å². The third-order valence-corrected chi connectivity index (χ3v) is 4.32. The molecule has 0 aliphatic carbocycles. The zero-order valence-electron chi connectivity index (χ0n) is 14.7. The Kier molecular flexibility index (Phi) is 12.6. The highest BCUT2D eigenvalue weighted by atomic mass is 35.5. The smallest absolute Gasteiger partial charge is 0.241 e. The monoisotopic (exact) mass is 475 g/mol. The van der Waals surface area contributed by atoms with E-state index in [2.05, 4.69) is 20.7 Å². The Balaban J connectivity index is 0.00000243. The fraction of sp³-hybridized carbons (Fsp3) is 0.438. The lowest BCUT2D eigenvalue weighted by atomic mass is 9.95. The van der Waals surface area contributed by atoms with Crippen molar-refractivity contribution < 1.29 is 13.9 Å². The van der Waals surface area contributed by atoms with Crippen molar-refractivity contribution >= 4 is 54.7 Å². The maximum absolute atomic E-state index is 13.8. The summed E-state index contributed by atoms with van der Waals surface area (Å²) in [5.41, 5.74) is 0.709. The number of aromatic nitrogens is 3. The molecule has 2 N–H and O–H groups in total. The highest BCUT2D eigenvalue weighted by Gasteiger charge is 2.27. The fourth-order valence-corrected chi connectivity index (χ4v) is 2.91. The van der Waals surface area contributed by atoms with Gasteiger partial charge in [0.25, 0.3) is 0 Å². The normalized spacial score (nSPS) is 18.6. The van der Waals surface area contributed by atoms with E-state index in [1.807, 2.05) is 0 Å². The van der Waals surface area contributed by atoms with Gasteiger partial charge in [-0.05, 0) is 17.7 Å². The first kappa shape index (κ1) is 26.8. The summed E-state index contributed by atoms with van der Waals surface area (Å²) in [6.07, 6.45) is 2.53. The standard InChI is InChI=1S/C16H19ClFN5O2.3ClH/c17-13-2-1-11(5-14(13)18)16-12(6-19-3-4-25-16)7-21-15(24)8-23-10-20-9-22-23;;;/h1-2,5,9-10,12,16,19H,3-4,6-8H2,(H,21,24);3*1H/t12-,16-;;;/m0.../s1. The molecule has 28 heavy (non-hydrogen) atoms. The van der Waals surface area contributed by atoms with Crippen LogP contribution in [0, 0.1) is 11.7 Å². The minimum absolute atomic E-state index is 0. The van der Waals surface area contributed by atoms with Gasteiger partial charge >= 0.3 is 0 Å². The van der Waals surface area contributed by atoms with Gasteiger partial charge in [0.05, 0.1) is 17.7 Å². The quantitative estimate of drug-likeness (QED) is 0.692. The summed E-state index contributed by atoms with van der Waals surface area (Å²) in [7, 11) is 0. The maximum atomic E-state index is 13.8. The SMILES string of the molecule is Cl.Cl.Cl.O=C(Cn1cncn1)NC[C@@H]1CNCCO[C@H]1c1ccc(Cl)c(F)c1. The van der Waals surface area contributed by atoms with Crippen LogP contribution in [0.2, 0.25) is 5.02 Å². The third-order valence-electron chi connectivity index (χ3n) is 4.02. The first-order chi connectivity index (χ1) is 12.1. The number of hydrogen-bond acceptors (Lipinski definition) is 5. The zero-order chi connectivity index (χ0) is 17.6. The van der Waals surface area contributed by atoms with Gasteiger partial charge in [0, 0.05) is 25.6 Å². The van der Waals surface area contributed by atoms with Gasteiger partial charge in [-0.3, -0.25) is 4.79 Å². The molecule has 1 aromatic carbocycles. The highest BCUT2D eigenvalue weighted by molar-refractivity contribution is 6.30. The molecule has 3 rings (SSSR count).